The van der Waals surface area contributed by atoms with Crippen LogP contribution in [-0.2, 0) is 0 Å². The lowest BCUT2D eigenvalue weighted by Gasteiger charge is -2.04. The van der Waals surface area contributed by atoms with Crippen molar-refractivity contribution in [1.29, 1.82) is 0 Å². The highest BCUT2D eigenvalue weighted by molar-refractivity contribution is 7.80. The average Bonchev–Trinajstić information content (AvgIpc) is 2.43. The summed E-state index contributed by atoms with van der Waals surface area (Å²) >= 11 is 4.78. The molecule has 2 aromatic rings. The van der Waals surface area contributed by atoms with Gasteiger partial charge in [0.2, 0.25) is 5.11 Å². The molecule has 0 atom stereocenters. The molecule has 98 valence electrons. The third kappa shape index (κ3) is 2.95. The van der Waals surface area contributed by atoms with Gasteiger partial charge >= 0.3 is 5.63 Å². The summed E-state index contributed by atoms with van der Waals surface area (Å²) < 4.78 is 5.21. The molecule has 1 aromatic carbocycles. The summed E-state index contributed by atoms with van der Waals surface area (Å²) in [7, 11) is 0. The first-order valence-corrected chi connectivity index (χ1v) is 5.87. The number of nitrogens with zero attached hydrogens (tertiary/aromatic N) is 1. The maximum absolute atomic E-state index is 11.8. The Morgan fingerprint density at radius 1 is 1.42 bits per heavy atom. The third-order valence-electron chi connectivity index (χ3n) is 2.49. The lowest BCUT2D eigenvalue weighted by atomic mass is 10.1. The molecule has 0 aliphatic rings. The molecule has 19 heavy (non-hydrogen) atoms. The largest absolute Gasteiger partial charge is 0.422 e. The Hall–Kier alpha value is -2.25. The van der Waals surface area contributed by atoms with Gasteiger partial charge in [-0.3, -0.25) is 10.9 Å². The van der Waals surface area contributed by atoms with E-state index in [9.17, 15) is 4.79 Å². The summed E-state index contributed by atoms with van der Waals surface area (Å²) in [4.78, 5) is 11.8. The molecule has 0 bridgehead atoms. The lowest BCUT2D eigenvalue weighted by molar-refractivity contribution is 0.559. The molecule has 0 fully saturated rings. The van der Waals surface area contributed by atoms with E-state index in [1.54, 1.807) is 25.1 Å². The Kier molecular flexibility index (Phi) is 3.88. The van der Waals surface area contributed by atoms with Crippen LogP contribution < -0.4 is 22.3 Å². The molecule has 0 spiro atoms. The Morgan fingerprint density at radius 3 is 2.89 bits per heavy atom. The molecule has 0 saturated carbocycles. The van der Waals surface area contributed by atoms with Crippen LogP contribution in [0.2, 0.25) is 0 Å². The monoisotopic (exact) mass is 276 g/mol. The first-order chi connectivity index (χ1) is 9.11. The molecule has 4 N–H and O–H groups in total. The first kappa shape index (κ1) is 13.2. The molecular formula is C12H12N4O2S. The highest BCUT2D eigenvalue weighted by Gasteiger charge is 2.08. The van der Waals surface area contributed by atoms with E-state index in [1.807, 2.05) is 12.1 Å². The van der Waals surface area contributed by atoms with Gasteiger partial charge in [-0.15, -0.1) is 0 Å². The summed E-state index contributed by atoms with van der Waals surface area (Å²) in [6, 6.07) is 8.98. The van der Waals surface area contributed by atoms with Crippen molar-refractivity contribution < 1.29 is 4.42 Å². The molecule has 0 unspecified atom stereocenters. The second-order valence-electron chi connectivity index (χ2n) is 3.77. The van der Waals surface area contributed by atoms with E-state index < -0.39 is 5.63 Å². The van der Waals surface area contributed by atoms with Crippen LogP contribution in [0, 0.1) is 0 Å². The summed E-state index contributed by atoms with van der Waals surface area (Å²) in [5, 5.41) is 4.94. The normalized spacial score (nSPS) is 11.4. The lowest BCUT2D eigenvalue weighted by Crippen LogP contribution is -2.37. The molecule has 0 aliphatic carbocycles. The Balaban J connectivity index is 2.42. The fourth-order valence-corrected chi connectivity index (χ4v) is 1.59. The second kappa shape index (κ2) is 5.59. The molecule has 0 saturated heterocycles. The zero-order valence-electron chi connectivity index (χ0n) is 10.1. The number of thiocarbonyl (C=S) groups is 1. The Labute approximate surface area is 114 Å². The number of nitrogens with one attached hydrogen (secondary N) is 2. The van der Waals surface area contributed by atoms with Gasteiger partial charge in [-0.25, -0.2) is 10.6 Å². The van der Waals surface area contributed by atoms with Gasteiger partial charge < -0.3 is 4.42 Å². The SMILES string of the molecule is C/C(=N/NC(=S)NN)c1cc2ccccc2oc1=O. The molecular weight excluding hydrogens is 264 g/mol. The minimum Gasteiger partial charge on any atom is -0.422 e. The molecule has 7 heteroatoms. The minimum atomic E-state index is -0.451. The van der Waals surface area contributed by atoms with E-state index in [0.717, 1.165) is 5.39 Å². The van der Waals surface area contributed by atoms with Crippen LogP contribution in [0.3, 0.4) is 0 Å². The zero-order valence-corrected chi connectivity index (χ0v) is 11.0. The number of hydrazine groups is 1. The number of para-hydroxylation sites is 1. The maximum atomic E-state index is 11.8. The van der Waals surface area contributed by atoms with Gasteiger partial charge in [-0.05, 0) is 31.3 Å². The van der Waals surface area contributed by atoms with Crippen molar-refractivity contribution in [3.63, 3.8) is 0 Å². The van der Waals surface area contributed by atoms with Crippen molar-refractivity contribution in [2.45, 2.75) is 6.92 Å². The van der Waals surface area contributed by atoms with Crippen molar-refractivity contribution in [2.75, 3.05) is 0 Å². The van der Waals surface area contributed by atoms with Crippen LogP contribution in [0.4, 0.5) is 0 Å². The number of rotatable bonds is 2. The second-order valence-corrected chi connectivity index (χ2v) is 4.18. The molecule has 2 rings (SSSR count). The van der Waals surface area contributed by atoms with Gasteiger partial charge in [0.15, 0.2) is 0 Å². The first-order valence-electron chi connectivity index (χ1n) is 5.46. The van der Waals surface area contributed by atoms with Crippen LogP contribution in [-0.4, -0.2) is 10.8 Å². The van der Waals surface area contributed by atoms with Crippen molar-refractivity contribution >= 4 is 34.0 Å². The molecule has 0 amide bonds. The average molecular weight is 276 g/mol. The molecule has 0 aliphatic heterocycles. The van der Waals surface area contributed by atoms with E-state index in [0.29, 0.717) is 16.9 Å². The maximum Gasteiger partial charge on any atom is 0.345 e. The summed E-state index contributed by atoms with van der Waals surface area (Å²) in [5.41, 5.74) is 5.65. The molecule has 6 nitrogen and oxygen atoms in total. The standard InChI is InChI=1S/C12H12N4O2S/c1-7(15-16-12(19)14-13)9-6-8-4-2-3-5-10(8)18-11(9)17/h2-6H,13H2,1H3,(H2,14,16,19)/b15-7-. The van der Waals surface area contributed by atoms with E-state index in [-0.39, 0.29) is 5.11 Å². The predicted molar refractivity (Wildman–Crippen MR) is 77.8 cm³/mol. The Bertz CT molecular complexity index is 708. The Morgan fingerprint density at radius 2 is 2.16 bits per heavy atom. The zero-order chi connectivity index (χ0) is 13.8. The van der Waals surface area contributed by atoms with E-state index in [2.05, 4.69) is 16.0 Å². The quantitative estimate of drug-likeness (QED) is 0.248. The van der Waals surface area contributed by atoms with E-state index in [4.69, 9.17) is 22.5 Å². The topological polar surface area (TPSA) is 92.7 Å². The molecule has 1 heterocycles. The van der Waals surface area contributed by atoms with Crippen LogP contribution in [0.15, 0.2) is 44.6 Å². The number of benzene rings is 1. The van der Waals surface area contributed by atoms with Crippen LogP contribution >= 0.6 is 12.2 Å². The van der Waals surface area contributed by atoms with Gasteiger partial charge in [0.1, 0.15) is 5.58 Å². The number of fused-ring (bicyclic) bond motifs is 1. The minimum absolute atomic E-state index is 0.157. The summed E-state index contributed by atoms with van der Waals surface area (Å²) in [6.45, 7) is 1.67. The number of hydrogen-bond donors (Lipinski definition) is 3. The third-order valence-corrected chi connectivity index (χ3v) is 2.70. The van der Waals surface area contributed by atoms with Gasteiger partial charge in [-0.2, -0.15) is 5.10 Å². The highest BCUT2D eigenvalue weighted by atomic mass is 32.1. The number of hydrogen-bond acceptors (Lipinski definition) is 5. The molecule has 1 aromatic heterocycles. The van der Waals surface area contributed by atoms with E-state index >= 15 is 0 Å². The van der Waals surface area contributed by atoms with Crippen molar-refractivity contribution in [1.82, 2.24) is 10.9 Å². The highest BCUT2D eigenvalue weighted by Crippen LogP contribution is 2.12. The van der Waals surface area contributed by atoms with E-state index in [1.165, 1.54) is 0 Å². The van der Waals surface area contributed by atoms with Crippen LogP contribution in [0.25, 0.3) is 11.0 Å². The van der Waals surface area contributed by atoms with Gasteiger partial charge in [-0.1, -0.05) is 18.2 Å². The number of nitrogens with two attached hydrogens (primary N) is 1. The summed E-state index contributed by atoms with van der Waals surface area (Å²) in [5.74, 6) is 5.10. The fraction of sp³-hybridized carbons (Fsp3) is 0.0833. The van der Waals surface area contributed by atoms with Gasteiger partial charge in [0.25, 0.3) is 0 Å². The summed E-state index contributed by atoms with van der Waals surface area (Å²) in [6.07, 6.45) is 0. The van der Waals surface area contributed by atoms with Crippen LogP contribution in [0.5, 0.6) is 0 Å². The van der Waals surface area contributed by atoms with Crippen molar-refractivity contribution in [3.05, 3.63) is 46.3 Å². The smallest absolute Gasteiger partial charge is 0.345 e. The molecule has 0 radical (unpaired) electrons. The fourth-order valence-electron chi connectivity index (χ4n) is 1.54. The van der Waals surface area contributed by atoms with Crippen molar-refractivity contribution in [2.24, 2.45) is 10.9 Å². The predicted octanol–water partition coefficient (Wildman–Crippen LogP) is 0.855. The van der Waals surface area contributed by atoms with Gasteiger partial charge in [0, 0.05) is 5.39 Å². The number of hydrazone groups is 1. The van der Waals surface area contributed by atoms with Crippen molar-refractivity contribution in [3.8, 4) is 0 Å². The van der Waals surface area contributed by atoms with Gasteiger partial charge in [0.05, 0.1) is 11.3 Å². The van der Waals surface area contributed by atoms with Crippen LogP contribution in [0.1, 0.15) is 12.5 Å².